The van der Waals surface area contributed by atoms with Gasteiger partial charge in [-0.15, -0.1) is 0 Å². The number of carbonyl (C=O) groups excluding carboxylic acids is 12. The van der Waals surface area contributed by atoms with E-state index in [1.54, 1.807) is 58.0 Å². The first-order valence-electron chi connectivity index (χ1n) is 25.1. The highest BCUT2D eigenvalue weighted by Crippen LogP contribution is 2.34. The number of urea groups is 4. The molecule has 2 unspecified atom stereocenters. The Morgan fingerprint density at radius 3 is 1.37 bits per heavy atom. The zero-order valence-corrected chi connectivity index (χ0v) is 43.8. The molecule has 5 fully saturated rings. The molecule has 5 aliphatic rings. The molecule has 2 atom stereocenters. The third-order valence-electron chi connectivity index (χ3n) is 13.8. The molecule has 0 aromatic heterocycles. The second-order valence-corrected chi connectivity index (χ2v) is 18.1. The predicted octanol–water partition coefficient (Wildman–Crippen LogP) is 5.31. The van der Waals surface area contributed by atoms with Gasteiger partial charge in [-0.05, 0) is 54.0 Å². The summed E-state index contributed by atoms with van der Waals surface area (Å²) >= 11 is 0. The lowest BCUT2D eigenvalue weighted by atomic mass is 9.75. The van der Waals surface area contributed by atoms with Gasteiger partial charge in [-0.3, -0.25) is 69.9 Å². The van der Waals surface area contributed by atoms with Gasteiger partial charge in [0.05, 0.1) is 5.92 Å². The number of nitrogens with one attached hydrogen (secondary N) is 7. The van der Waals surface area contributed by atoms with Crippen molar-refractivity contribution < 1.29 is 62.3 Å². The number of imide groups is 7. The van der Waals surface area contributed by atoms with Crippen molar-refractivity contribution in [1.82, 2.24) is 47.0 Å². The highest BCUT2D eigenvalue weighted by Gasteiger charge is 2.52. The largest absolute Gasteiger partial charge is 0.448 e. The van der Waals surface area contributed by atoms with Crippen molar-refractivity contribution in [2.45, 2.75) is 69.9 Å². The van der Waals surface area contributed by atoms with Gasteiger partial charge in [-0.2, -0.15) is 0 Å². The lowest BCUT2D eigenvalue weighted by Crippen LogP contribution is -2.64. The van der Waals surface area contributed by atoms with Crippen LogP contribution in [0.1, 0.15) is 86.7 Å². The van der Waals surface area contributed by atoms with E-state index in [4.69, 9.17) is 4.74 Å². The summed E-state index contributed by atoms with van der Waals surface area (Å²) in [6.07, 6.45) is 0.446. The Kier molecular flexibility index (Phi) is 19.1. The summed E-state index contributed by atoms with van der Waals surface area (Å²) in [6, 6.07) is 43.0. The number of rotatable bonds is 9. The van der Waals surface area contributed by atoms with Crippen LogP contribution in [0.3, 0.4) is 0 Å². The maximum atomic E-state index is 12.3. The predicted molar refractivity (Wildman–Crippen MR) is 284 cm³/mol. The molecule has 79 heavy (non-hydrogen) atoms. The summed E-state index contributed by atoms with van der Waals surface area (Å²) in [7, 11) is 1.38. The highest BCUT2D eigenvalue weighted by molar-refractivity contribution is 6.23. The number of amides is 16. The number of nitrogens with zero attached hydrogens (tertiary/aromatic N) is 2. The first-order valence-corrected chi connectivity index (χ1v) is 25.1. The molecule has 5 aliphatic heterocycles. The average molecular weight is 1080 g/mol. The van der Waals surface area contributed by atoms with Gasteiger partial charge in [0.1, 0.15) is 18.1 Å². The smallest absolute Gasteiger partial charge is 0.413 e. The van der Waals surface area contributed by atoms with E-state index in [1.807, 2.05) is 121 Å². The highest BCUT2D eigenvalue weighted by atomic mass is 16.6. The Hall–Kier alpha value is -9.86. The zero-order valence-electron chi connectivity index (χ0n) is 43.8. The van der Waals surface area contributed by atoms with Crippen LogP contribution in [-0.2, 0) is 49.3 Å². The third-order valence-corrected chi connectivity index (χ3v) is 13.8. The quantitative estimate of drug-likeness (QED) is 0.0729. The van der Waals surface area contributed by atoms with Crippen LogP contribution in [0.4, 0.5) is 24.0 Å². The molecule has 16 amide bonds. The molecule has 0 bridgehead atoms. The molecule has 410 valence electrons. The SMILES string of the molecule is CCC1(CC)C(=O)NC(=O)N(C)C1=O.CCC1(c2ccccc2)C(=O)NC(=O)NC1=O.CCN1C(=O)NC(c2ccccc2)C1=O.O=C1NC(=O)C(c2ccccc2)(c2ccccc2)N1.O=C1NC(=O)C(c2ccccc2)CO1. The minimum Gasteiger partial charge on any atom is -0.448 e. The maximum Gasteiger partial charge on any atom is 0.413 e. The zero-order chi connectivity index (χ0) is 57.5. The van der Waals surface area contributed by atoms with Gasteiger partial charge in [0, 0.05) is 13.6 Å². The van der Waals surface area contributed by atoms with Crippen LogP contribution in [0.25, 0.3) is 0 Å². The summed E-state index contributed by atoms with van der Waals surface area (Å²) in [5.41, 5.74) is 0.251. The normalized spacial score (nSPS) is 19.5. The molecule has 5 heterocycles. The van der Waals surface area contributed by atoms with E-state index in [0.717, 1.165) is 27.2 Å². The lowest BCUT2D eigenvalue weighted by molar-refractivity contribution is -0.151. The molecule has 0 radical (unpaired) electrons. The molecule has 22 nitrogen and oxygen atoms in total. The van der Waals surface area contributed by atoms with Crippen molar-refractivity contribution in [3.05, 3.63) is 179 Å². The van der Waals surface area contributed by atoms with E-state index >= 15 is 0 Å². The number of cyclic esters (lactones) is 1. The molecule has 0 aliphatic carbocycles. The molecular weight excluding hydrogens is 1020 g/mol. The van der Waals surface area contributed by atoms with E-state index in [9.17, 15) is 57.5 Å². The molecule has 5 aromatic rings. The number of benzene rings is 5. The Morgan fingerprint density at radius 2 is 0.949 bits per heavy atom. The lowest BCUT2D eigenvalue weighted by Gasteiger charge is -2.36. The number of ether oxygens (including phenoxy) is 1. The number of hydrogen-bond acceptors (Lipinski definition) is 13. The molecule has 0 saturated carbocycles. The molecular formula is C57H59N9O13. The van der Waals surface area contributed by atoms with Crippen molar-refractivity contribution in [1.29, 1.82) is 0 Å². The second-order valence-electron chi connectivity index (χ2n) is 18.1. The maximum absolute atomic E-state index is 12.3. The number of carbonyl (C=O) groups is 12. The molecule has 5 aromatic carbocycles. The number of hydrogen-bond donors (Lipinski definition) is 7. The summed E-state index contributed by atoms with van der Waals surface area (Å²) in [6.45, 7) is 7.59. The Labute approximate surface area is 454 Å². The van der Waals surface area contributed by atoms with Gasteiger partial charge in [-0.25, -0.2) is 24.0 Å². The van der Waals surface area contributed by atoms with E-state index in [2.05, 4.69) is 37.2 Å². The van der Waals surface area contributed by atoms with Crippen LogP contribution < -0.4 is 37.2 Å². The fraction of sp³-hybridized carbons (Fsp3) is 0.263. The molecule has 22 heteroatoms. The van der Waals surface area contributed by atoms with Crippen LogP contribution in [0, 0.1) is 5.41 Å². The van der Waals surface area contributed by atoms with Crippen molar-refractivity contribution in [3.8, 4) is 0 Å². The van der Waals surface area contributed by atoms with Crippen molar-refractivity contribution in [2.75, 3.05) is 20.2 Å². The van der Waals surface area contributed by atoms with Crippen LogP contribution in [0.2, 0.25) is 0 Å². The third kappa shape index (κ3) is 12.4. The summed E-state index contributed by atoms with van der Waals surface area (Å²) in [5.74, 6) is -3.23. The van der Waals surface area contributed by atoms with Crippen LogP contribution >= 0.6 is 0 Å². The minimum atomic E-state index is -1.31. The number of alkyl carbamates (subject to hydrolysis) is 1. The first-order chi connectivity index (χ1) is 37.8. The standard InChI is InChI=1S/C15H12N2O2.C12H12N2O3.C11H12N2O2.C10H9NO3.C9H14N2O3/c18-13-15(17-14(19)16-13,11-7-3-1-4-8-11)12-9-5-2-6-10-12;1-2-12(8-6-4-3-5-7-8)9(15)13-11(17)14-10(12)16;1-2-13-10(14)9(12-11(13)15)8-6-4-3-5-7-8;12-9-8(6-14-10(13)11-9)7-4-2-1-3-5-7;1-4-9(5-2)6(12)10-8(14)11(3)7(9)13/h1-10H,(H2,16,17,18,19);3-7H,2H2,1H3,(H2,13,14,15,16,17);3-7,9H,2H2,1H3,(H,12,15);1-5,8H,6H2,(H,11,12,13);4-5H2,1-3H3,(H,10,12,14). The monoisotopic (exact) mass is 1080 g/mol. The van der Waals surface area contributed by atoms with Crippen LogP contribution in [0.15, 0.2) is 152 Å². The Morgan fingerprint density at radius 1 is 0.494 bits per heavy atom. The van der Waals surface area contributed by atoms with Crippen molar-refractivity contribution in [3.63, 3.8) is 0 Å². The van der Waals surface area contributed by atoms with Gasteiger partial charge < -0.3 is 15.4 Å². The Bertz CT molecular complexity index is 3050. The topological polar surface area (TPSA) is 305 Å². The second kappa shape index (κ2) is 25.8. The Balaban J connectivity index is 0.000000160. The van der Waals surface area contributed by atoms with Gasteiger partial charge in [0.25, 0.3) is 11.8 Å². The van der Waals surface area contributed by atoms with Gasteiger partial charge >= 0.3 is 30.2 Å². The summed E-state index contributed by atoms with van der Waals surface area (Å²) < 4.78 is 4.74. The summed E-state index contributed by atoms with van der Waals surface area (Å²) in [5, 5.41) is 16.3. The van der Waals surface area contributed by atoms with E-state index in [0.29, 0.717) is 31.4 Å². The molecule has 7 N–H and O–H groups in total. The molecule has 10 rings (SSSR count). The first kappa shape index (κ1) is 58.4. The van der Waals surface area contributed by atoms with E-state index in [-0.39, 0.29) is 36.3 Å². The van der Waals surface area contributed by atoms with E-state index in [1.165, 1.54) is 11.9 Å². The summed E-state index contributed by atoms with van der Waals surface area (Å²) in [4.78, 5) is 141. The molecule has 5 saturated heterocycles. The van der Waals surface area contributed by atoms with Crippen LogP contribution in [0.5, 0.6) is 0 Å². The van der Waals surface area contributed by atoms with Gasteiger partial charge in [0.15, 0.2) is 11.0 Å². The van der Waals surface area contributed by atoms with Gasteiger partial charge in [-0.1, -0.05) is 172 Å². The van der Waals surface area contributed by atoms with Crippen molar-refractivity contribution >= 4 is 71.6 Å². The average Bonchev–Trinajstić information content (AvgIpc) is 4.12. The fourth-order valence-electron chi connectivity index (χ4n) is 9.23. The fourth-order valence-corrected chi connectivity index (χ4v) is 9.23. The van der Waals surface area contributed by atoms with E-state index < -0.39 is 70.2 Å². The van der Waals surface area contributed by atoms with Gasteiger partial charge in [0.2, 0.25) is 29.5 Å². The number of barbiturate groups is 2. The van der Waals surface area contributed by atoms with Crippen molar-refractivity contribution in [2.24, 2.45) is 5.41 Å². The van der Waals surface area contributed by atoms with Crippen LogP contribution in [-0.4, -0.2) is 102 Å². The minimum absolute atomic E-state index is 0.120. The molecule has 0 spiro atoms. The number of likely N-dealkylation sites (N-methyl/N-ethyl adjacent to an activating group) is 1.